The van der Waals surface area contributed by atoms with Crippen LogP contribution in [-0.4, -0.2) is 15.1 Å². The fraction of sp³-hybridized carbons (Fsp3) is 0.231. The molecule has 0 fully saturated rings. The first-order valence-electron chi connectivity index (χ1n) is 6.07. The van der Waals surface area contributed by atoms with Crippen molar-refractivity contribution in [2.75, 3.05) is 0 Å². The third kappa shape index (κ3) is 2.43. The molecular formula is C13H14N4O2. The number of hydrogen-bond donors (Lipinski definition) is 3. The number of aromatic nitrogens is 3. The van der Waals surface area contributed by atoms with Crippen LogP contribution < -0.4 is 11.0 Å². The van der Waals surface area contributed by atoms with Crippen molar-refractivity contribution in [3.63, 3.8) is 0 Å². The van der Waals surface area contributed by atoms with E-state index in [2.05, 4.69) is 27.4 Å². The molecule has 0 radical (unpaired) electrons. The Bertz CT molecular complexity index is 727. The number of fused-ring (bicyclic) bond motifs is 1. The van der Waals surface area contributed by atoms with Gasteiger partial charge in [0.2, 0.25) is 0 Å². The van der Waals surface area contributed by atoms with E-state index < -0.39 is 0 Å². The maximum atomic E-state index is 11.2. The van der Waals surface area contributed by atoms with Gasteiger partial charge in [0.05, 0.1) is 23.8 Å². The van der Waals surface area contributed by atoms with Crippen molar-refractivity contribution in [1.82, 2.24) is 20.4 Å². The van der Waals surface area contributed by atoms with Gasteiger partial charge in [0.1, 0.15) is 5.76 Å². The summed E-state index contributed by atoms with van der Waals surface area (Å²) in [6.45, 7) is 2.67. The zero-order valence-electron chi connectivity index (χ0n) is 10.4. The molecule has 3 rings (SSSR count). The molecule has 3 aromatic rings. The van der Waals surface area contributed by atoms with Crippen LogP contribution in [-0.2, 0) is 6.54 Å². The van der Waals surface area contributed by atoms with E-state index in [1.165, 1.54) is 0 Å². The van der Waals surface area contributed by atoms with Crippen molar-refractivity contribution in [2.24, 2.45) is 0 Å². The summed E-state index contributed by atoms with van der Waals surface area (Å²) in [5.41, 5.74) is 2.55. The van der Waals surface area contributed by atoms with Crippen molar-refractivity contribution in [2.45, 2.75) is 19.5 Å². The van der Waals surface area contributed by atoms with E-state index >= 15 is 0 Å². The van der Waals surface area contributed by atoms with Gasteiger partial charge in [-0.2, -0.15) is 0 Å². The molecule has 6 heteroatoms. The van der Waals surface area contributed by atoms with Crippen LogP contribution >= 0.6 is 0 Å². The molecule has 0 saturated heterocycles. The van der Waals surface area contributed by atoms with Crippen LogP contribution in [0.3, 0.4) is 0 Å². The van der Waals surface area contributed by atoms with Crippen LogP contribution in [0, 0.1) is 0 Å². The number of hydrogen-bond acceptors (Lipinski definition) is 4. The zero-order valence-corrected chi connectivity index (χ0v) is 10.4. The first-order chi connectivity index (χ1) is 9.22. The van der Waals surface area contributed by atoms with Crippen LogP contribution in [0.4, 0.5) is 0 Å². The lowest BCUT2D eigenvalue weighted by Crippen LogP contribution is -2.17. The molecule has 1 aromatic carbocycles. The monoisotopic (exact) mass is 258 g/mol. The molecule has 0 saturated carbocycles. The Morgan fingerprint density at radius 3 is 2.95 bits per heavy atom. The molecule has 0 amide bonds. The molecule has 1 atom stereocenters. The molecule has 3 N–H and O–H groups in total. The number of aromatic amines is 2. The summed E-state index contributed by atoms with van der Waals surface area (Å²) in [6, 6.07) is 7.82. The van der Waals surface area contributed by atoms with Crippen molar-refractivity contribution >= 4 is 11.0 Å². The van der Waals surface area contributed by atoms with E-state index in [4.69, 9.17) is 4.52 Å². The molecule has 2 heterocycles. The molecule has 0 aliphatic carbocycles. The molecule has 1 unspecified atom stereocenters. The Kier molecular flexibility index (Phi) is 2.92. The van der Waals surface area contributed by atoms with E-state index in [9.17, 15) is 4.79 Å². The van der Waals surface area contributed by atoms with Gasteiger partial charge in [-0.15, -0.1) is 0 Å². The number of benzene rings is 1. The van der Waals surface area contributed by atoms with Gasteiger partial charge in [0.25, 0.3) is 0 Å². The van der Waals surface area contributed by atoms with E-state index in [1.54, 1.807) is 6.20 Å². The second-order valence-electron chi connectivity index (χ2n) is 4.47. The Balaban J connectivity index is 1.77. The van der Waals surface area contributed by atoms with Gasteiger partial charge >= 0.3 is 5.69 Å². The lowest BCUT2D eigenvalue weighted by molar-refractivity contribution is 0.366. The lowest BCUT2D eigenvalue weighted by atomic mass is 10.1. The minimum Gasteiger partial charge on any atom is -0.360 e. The summed E-state index contributed by atoms with van der Waals surface area (Å²) in [6.07, 6.45) is 1.62. The predicted molar refractivity (Wildman–Crippen MR) is 70.7 cm³/mol. The molecule has 0 bridgehead atoms. The van der Waals surface area contributed by atoms with Gasteiger partial charge in [0, 0.05) is 12.1 Å². The van der Waals surface area contributed by atoms with Crippen LogP contribution in [0.1, 0.15) is 24.3 Å². The van der Waals surface area contributed by atoms with Gasteiger partial charge in [-0.25, -0.2) is 4.79 Å². The largest absolute Gasteiger partial charge is 0.360 e. The average Bonchev–Trinajstić information content (AvgIpc) is 3.02. The molecule has 98 valence electrons. The van der Waals surface area contributed by atoms with E-state index in [1.807, 2.05) is 24.3 Å². The Morgan fingerprint density at radius 2 is 2.16 bits per heavy atom. The van der Waals surface area contributed by atoms with E-state index in [0.717, 1.165) is 22.4 Å². The summed E-state index contributed by atoms with van der Waals surface area (Å²) < 4.78 is 5.03. The summed E-state index contributed by atoms with van der Waals surface area (Å²) in [5.74, 6) is 0.794. The Hall–Kier alpha value is -2.34. The molecule has 19 heavy (non-hydrogen) atoms. The predicted octanol–water partition coefficient (Wildman–Crippen LogP) is 1.69. The van der Waals surface area contributed by atoms with Gasteiger partial charge < -0.3 is 19.8 Å². The minimum absolute atomic E-state index is 0.146. The fourth-order valence-electron chi connectivity index (χ4n) is 2.02. The summed E-state index contributed by atoms with van der Waals surface area (Å²) in [5, 5.41) is 6.99. The highest BCUT2D eigenvalue weighted by molar-refractivity contribution is 5.75. The van der Waals surface area contributed by atoms with Crippen LogP contribution in [0.25, 0.3) is 11.0 Å². The molecular weight excluding hydrogens is 244 g/mol. The van der Waals surface area contributed by atoms with Crippen LogP contribution in [0.15, 0.2) is 39.8 Å². The van der Waals surface area contributed by atoms with Crippen molar-refractivity contribution < 1.29 is 4.52 Å². The minimum atomic E-state index is -0.186. The van der Waals surface area contributed by atoms with Gasteiger partial charge in [-0.1, -0.05) is 11.2 Å². The highest BCUT2D eigenvalue weighted by atomic mass is 16.5. The first-order valence-corrected chi connectivity index (χ1v) is 6.07. The number of imidazole rings is 1. The van der Waals surface area contributed by atoms with Crippen LogP contribution in [0.5, 0.6) is 0 Å². The molecule has 0 aliphatic heterocycles. The second kappa shape index (κ2) is 4.74. The quantitative estimate of drug-likeness (QED) is 0.664. The first kappa shape index (κ1) is 11.7. The van der Waals surface area contributed by atoms with Gasteiger partial charge in [0.15, 0.2) is 0 Å². The van der Waals surface area contributed by atoms with Gasteiger partial charge in [-0.3, -0.25) is 0 Å². The average molecular weight is 258 g/mol. The maximum Gasteiger partial charge on any atom is 0.323 e. The summed E-state index contributed by atoms with van der Waals surface area (Å²) in [4.78, 5) is 16.7. The van der Waals surface area contributed by atoms with Gasteiger partial charge in [-0.05, 0) is 24.6 Å². The van der Waals surface area contributed by atoms with E-state index in [-0.39, 0.29) is 11.7 Å². The molecule has 0 aliphatic rings. The lowest BCUT2D eigenvalue weighted by Gasteiger charge is -2.12. The highest BCUT2D eigenvalue weighted by Gasteiger charge is 2.08. The van der Waals surface area contributed by atoms with Crippen LogP contribution in [0.2, 0.25) is 0 Å². The number of nitrogens with zero attached hydrogens (tertiary/aromatic N) is 1. The SMILES string of the molecule is CC(NCc1ccno1)c1ccc2[nH]c(=O)[nH]c2c1. The Morgan fingerprint density at radius 1 is 1.32 bits per heavy atom. The summed E-state index contributed by atoms with van der Waals surface area (Å²) in [7, 11) is 0. The van der Waals surface area contributed by atoms with Crippen molar-refractivity contribution in [1.29, 1.82) is 0 Å². The Labute approximate surface area is 108 Å². The molecule has 6 nitrogen and oxygen atoms in total. The zero-order chi connectivity index (χ0) is 13.2. The number of H-pyrrole nitrogens is 2. The fourth-order valence-corrected chi connectivity index (χ4v) is 2.02. The number of nitrogens with one attached hydrogen (secondary N) is 3. The molecule has 2 aromatic heterocycles. The third-order valence-corrected chi connectivity index (χ3v) is 3.11. The van der Waals surface area contributed by atoms with Crippen molar-refractivity contribution in [3.05, 3.63) is 52.3 Å². The molecule has 0 spiro atoms. The normalized spacial score (nSPS) is 12.9. The maximum absolute atomic E-state index is 11.2. The second-order valence-corrected chi connectivity index (χ2v) is 4.47. The van der Waals surface area contributed by atoms with E-state index in [0.29, 0.717) is 6.54 Å². The summed E-state index contributed by atoms with van der Waals surface area (Å²) >= 11 is 0. The van der Waals surface area contributed by atoms with Crippen molar-refractivity contribution in [3.8, 4) is 0 Å². The highest BCUT2D eigenvalue weighted by Crippen LogP contribution is 2.17. The number of rotatable bonds is 4. The topological polar surface area (TPSA) is 86.7 Å². The smallest absolute Gasteiger partial charge is 0.323 e. The third-order valence-electron chi connectivity index (χ3n) is 3.11. The standard InChI is InChI=1S/C13H14N4O2/c1-8(14-7-10-4-5-15-19-10)9-2-3-11-12(6-9)17-13(18)16-11/h2-6,8,14H,7H2,1H3,(H2,16,17,18).